The van der Waals surface area contributed by atoms with Crippen LogP contribution in [-0.4, -0.2) is 45.1 Å². The van der Waals surface area contributed by atoms with Crippen LogP contribution in [0.1, 0.15) is 77.3 Å². The van der Waals surface area contributed by atoms with Crippen LogP contribution in [0.15, 0.2) is 42.7 Å². The molecular formula is C29H40N4. The molecule has 3 aromatic rings. The zero-order chi connectivity index (χ0) is 23.2. The van der Waals surface area contributed by atoms with Crippen molar-refractivity contribution in [2.75, 3.05) is 13.1 Å². The molecule has 0 spiro atoms. The summed E-state index contributed by atoms with van der Waals surface area (Å²) >= 11 is 0. The van der Waals surface area contributed by atoms with Crippen molar-refractivity contribution < 1.29 is 0 Å². The number of hydrogen-bond donors (Lipinski definition) is 2. The number of aryl methyl sites for hydroxylation is 1. The number of piperidine rings is 2. The second-order valence-corrected chi connectivity index (χ2v) is 11.6. The Hall–Kier alpha value is -2.17. The summed E-state index contributed by atoms with van der Waals surface area (Å²) in [6, 6.07) is 12.0. The lowest BCUT2D eigenvalue weighted by molar-refractivity contribution is 0.0511. The molecule has 4 nitrogen and oxygen atoms in total. The lowest BCUT2D eigenvalue weighted by Gasteiger charge is -2.51. The van der Waals surface area contributed by atoms with Gasteiger partial charge >= 0.3 is 0 Å². The summed E-state index contributed by atoms with van der Waals surface area (Å²) in [7, 11) is 0. The Morgan fingerprint density at radius 2 is 1.64 bits per heavy atom. The Labute approximate surface area is 199 Å². The number of fused-ring (bicyclic) bond motifs is 1. The highest BCUT2D eigenvalue weighted by Gasteiger charge is 2.40. The maximum atomic E-state index is 4.19. The molecule has 0 atom stereocenters. The van der Waals surface area contributed by atoms with Crippen molar-refractivity contribution in [3.63, 3.8) is 0 Å². The molecule has 4 heterocycles. The first-order valence-electron chi connectivity index (χ1n) is 12.8. The average Bonchev–Trinajstić information content (AvgIpc) is 3.15. The topological polar surface area (TPSA) is 44.0 Å². The van der Waals surface area contributed by atoms with E-state index in [1.54, 1.807) is 0 Å². The van der Waals surface area contributed by atoms with E-state index in [0.717, 1.165) is 6.42 Å². The van der Waals surface area contributed by atoms with E-state index in [9.17, 15) is 0 Å². The Kier molecular flexibility index (Phi) is 5.86. The molecule has 176 valence electrons. The van der Waals surface area contributed by atoms with Crippen LogP contribution < -0.4 is 5.32 Å². The van der Waals surface area contributed by atoms with Gasteiger partial charge < -0.3 is 15.2 Å². The van der Waals surface area contributed by atoms with Crippen LogP contribution in [0.5, 0.6) is 0 Å². The molecule has 2 aliphatic heterocycles. The van der Waals surface area contributed by atoms with Crippen LogP contribution in [0.2, 0.25) is 0 Å². The normalized spacial score (nSPS) is 22.1. The molecule has 0 bridgehead atoms. The van der Waals surface area contributed by atoms with Crippen LogP contribution >= 0.6 is 0 Å². The molecular weight excluding hydrogens is 404 g/mol. The standard InChI is InChI=1S/C29H40N4/c1-6-24-25-17-22(7-8-26(25)31-27(24)21-9-13-30-14-10-21)20-11-15-33(16-12-20)23-18-28(2,3)32-29(4,5)19-23/h7-10,13-14,17,20,23,31-32H,6,11-12,15-16,18-19H2,1-5H3. The van der Waals surface area contributed by atoms with Crippen LogP contribution in [-0.2, 0) is 6.42 Å². The Morgan fingerprint density at radius 1 is 0.970 bits per heavy atom. The lowest BCUT2D eigenvalue weighted by atomic mass is 9.78. The average molecular weight is 445 g/mol. The highest BCUT2D eigenvalue weighted by molar-refractivity contribution is 5.91. The largest absolute Gasteiger partial charge is 0.354 e. The third-order valence-corrected chi connectivity index (χ3v) is 7.94. The number of aromatic nitrogens is 2. The summed E-state index contributed by atoms with van der Waals surface area (Å²) in [5.74, 6) is 0.664. The number of hydrogen-bond acceptors (Lipinski definition) is 3. The minimum atomic E-state index is 0.214. The Bertz CT molecular complexity index is 1090. The highest BCUT2D eigenvalue weighted by Crippen LogP contribution is 2.38. The molecule has 2 N–H and O–H groups in total. The summed E-state index contributed by atoms with van der Waals surface area (Å²) in [6.07, 6.45) is 9.80. The molecule has 5 rings (SSSR count). The summed E-state index contributed by atoms with van der Waals surface area (Å²) < 4.78 is 0. The molecule has 0 saturated carbocycles. The molecule has 4 heteroatoms. The first kappa shape index (κ1) is 22.6. The lowest BCUT2D eigenvalue weighted by Crippen LogP contribution is -2.62. The van der Waals surface area contributed by atoms with Gasteiger partial charge in [-0.3, -0.25) is 4.98 Å². The van der Waals surface area contributed by atoms with Crippen molar-refractivity contribution in [1.82, 2.24) is 20.2 Å². The van der Waals surface area contributed by atoms with Crippen molar-refractivity contribution in [2.24, 2.45) is 0 Å². The van der Waals surface area contributed by atoms with Gasteiger partial charge in [0.15, 0.2) is 0 Å². The molecule has 0 aliphatic carbocycles. The van der Waals surface area contributed by atoms with Crippen molar-refractivity contribution in [3.05, 3.63) is 53.9 Å². The SMILES string of the molecule is CCc1c(-c2ccncc2)[nH]c2ccc(C3CCN(C4CC(C)(C)NC(C)(C)C4)CC3)cc12. The maximum Gasteiger partial charge on any atom is 0.0498 e. The number of nitrogens with zero attached hydrogens (tertiary/aromatic N) is 2. The van der Waals surface area contributed by atoms with Crippen molar-refractivity contribution >= 4 is 10.9 Å². The summed E-state index contributed by atoms with van der Waals surface area (Å²) in [6.45, 7) is 14.2. The van der Waals surface area contributed by atoms with Gasteiger partial charge in [0.1, 0.15) is 0 Å². The zero-order valence-corrected chi connectivity index (χ0v) is 21.0. The van der Waals surface area contributed by atoms with Gasteiger partial charge in [-0.15, -0.1) is 0 Å². The second kappa shape index (κ2) is 8.56. The van der Waals surface area contributed by atoms with Crippen LogP contribution in [0.3, 0.4) is 0 Å². The Balaban J connectivity index is 1.34. The maximum absolute atomic E-state index is 4.19. The van der Waals surface area contributed by atoms with Gasteiger partial charge in [-0.05, 0) is 114 Å². The molecule has 2 aliphatic rings. The number of H-pyrrole nitrogens is 1. The first-order valence-corrected chi connectivity index (χ1v) is 12.8. The second-order valence-electron chi connectivity index (χ2n) is 11.6. The van der Waals surface area contributed by atoms with Gasteiger partial charge in [-0.25, -0.2) is 0 Å². The fraction of sp³-hybridized carbons (Fsp3) is 0.552. The van der Waals surface area contributed by atoms with Crippen LogP contribution in [0.4, 0.5) is 0 Å². The molecule has 2 fully saturated rings. The Morgan fingerprint density at radius 3 is 2.27 bits per heavy atom. The van der Waals surface area contributed by atoms with E-state index in [4.69, 9.17) is 0 Å². The molecule has 33 heavy (non-hydrogen) atoms. The van der Waals surface area contributed by atoms with Gasteiger partial charge in [0.25, 0.3) is 0 Å². The minimum Gasteiger partial charge on any atom is -0.354 e. The van der Waals surface area contributed by atoms with E-state index in [1.807, 2.05) is 12.4 Å². The number of rotatable bonds is 4. The summed E-state index contributed by atoms with van der Waals surface area (Å²) in [4.78, 5) is 10.7. The fourth-order valence-corrected chi connectivity index (χ4v) is 6.78. The van der Waals surface area contributed by atoms with E-state index in [0.29, 0.717) is 12.0 Å². The quantitative estimate of drug-likeness (QED) is 0.498. The van der Waals surface area contributed by atoms with Crippen molar-refractivity contribution in [3.8, 4) is 11.3 Å². The highest BCUT2D eigenvalue weighted by atomic mass is 15.2. The fourth-order valence-electron chi connectivity index (χ4n) is 6.78. The number of aromatic amines is 1. The van der Waals surface area contributed by atoms with E-state index in [-0.39, 0.29) is 11.1 Å². The molecule has 0 amide bonds. The van der Waals surface area contributed by atoms with Crippen LogP contribution in [0.25, 0.3) is 22.2 Å². The predicted octanol–water partition coefficient (Wildman–Crippen LogP) is 6.28. The van der Waals surface area contributed by atoms with Gasteiger partial charge in [-0.1, -0.05) is 13.0 Å². The van der Waals surface area contributed by atoms with Crippen molar-refractivity contribution in [2.45, 2.75) is 89.8 Å². The number of benzene rings is 1. The molecule has 2 saturated heterocycles. The minimum absolute atomic E-state index is 0.214. The van der Waals surface area contributed by atoms with Gasteiger partial charge in [0, 0.05) is 51.7 Å². The van der Waals surface area contributed by atoms with Gasteiger partial charge in [-0.2, -0.15) is 0 Å². The summed E-state index contributed by atoms with van der Waals surface area (Å²) in [5.41, 5.74) is 7.09. The molecule has 0 unspecified atom stereocenters. The monoisotopic (exact) mass is 444 g/mol. The van der Waals surface area contributed by atoms with E-state index in [1.165, 1.54) is 72.1 Å². The third kappa shape index (κ3) is 4.61. The van der Waals surface area contributed by atoms with E-state index in [2.05, 4.69) is 85.1 Å². The molecule has 0 radical (unpaired) electrons. The van der Waals surface area contributed by atoms with E-state index < -0.39 is 0 Å². The smallest absolute Gasteiger partial charge is 0.0498 e. The first-order chi connectivity index (χ1) is 15.7. The molecule has 1 aromatic carbocycles. The molecule has 2 aromatic heterocycles. The summed E-state index contributed by atoms with van der Waals surface area (Å²) in [5, 5.41) is 5.24. The number of pyridine rings is 1. The van der Waals surface area contributed by atoms with E-state index >= 15 is 0 Å². The number of nitrogens with one attached hydrogen (secondary N) is 2. The predicted molar refractivity (Wildman–Crippen MR) is 139 cm³/mol. The van der Waals surface area contributed by atoms with Gasteiger partial charge in [0.2, 0.25) is 0 Å². The van der Waals surface area contributed by atoms with Crippen LogP contribution in [0, 0.1) is 0 Å². The third-order valence-electron chi connectivity index (χ3n) is 7.94. The number of likely N-dealkylation sites (tertiary alicyclic amines) is 1. The van der Waals surface area contributed by atoms with Crippen molar-refractivity contribution in [1.29, 1.82) is 0 Å². The van der Waals surface area contributed by atoms with Gasteiger partial charge in [0.05, 0.1) is 0 Å². The zero-order valence-electron chi connectivity index (χ0n) is 21.0.